The van der Waals surface area contributed by atoms with Gasteiger partial charge < -0.3 is 24.4 Å². The van der Waals surface area contributed by atoms with Crippen molar-refractivity contribution in [3.8, 4) is 5.75 Å². The Hall–Kier alpha value is -3.07. The number of anilines is 1. The summed E-state index contributed by atoms with van der Waals surface area (Å²) in [6.45, 7) is 10.1. The van der Waals surface area contributed by atoms with Crippen LogP contribution in [0.1, 0.15) is 67.1 Å². The van der Waals surface area contributed by atoms with E-state index in [9.17, 15) is 18.0 Å². The number of benzene rings is 1. The molecule has 8 rings (SSSR count). The Bertz CT molecular complexity index is 1800. The summed E-state index contributed by atoms with van der Waals surface area (Å²) < 4.78 is 46.4. The maximum absolute atomic E-state index is 13.5. The summed E-state index contributed by atoms with van der Waals surface area (Å²) >= 11 is 6.38. The Morgan fingerprint density at radius 3 is 2.81 bits per heavy atom. The molecule has 2 aromatic rings. The number of sulfonamides is 1. The number of hydrogen-bond acceptors (Lipinski definition) is 11. The van der Waals surface area contributed by atoms with Gasteiger partial charge in [-0.2, -0.15) is 0 Å². The number of nitrogens with zero attached hydrogens (tertiary/aromatic N) is 3. The van der Waals surface area contributed by atoms with Crippen molar-refractivity contribution in [3.05, 3.63) is 64.3 Å². The first-order chi connectivity index (χ1) is 26.1. The highest BCUT2D eigenvalue weighted by atomic mass is 35.5. The number of pyridine rings is 1. The van der Waals surface area contributed by atoms with Crippen molar-refractivity contribution in [3.63, 3.8) is 0 Å². The number of morpholine rings is 1. The molecule has 0 radical (unpaired) electrons. The van der Waals surface area contributed by atoms with Gasteiger partial charge in [0.25, 0.3) is 5.91 Å². The topological polar surface area (TPSA) is 139 Å². The molecule has 1 aromatic heterocycles. The highest BCUT2D eigenvalue weighted by Gasteiger charge is 2.45. The van der Waals surface area contributed by atoms with Crippen molar-refractivity contribution in [2.75, 3.05) is 77.7 Å². The second-order valence-electron chi connectivity index (χ2n) is 15.8. The van der Waals surface area contributed by atoms with Gasteiger partial charge in [-0.15, -0.1) is 0 Å². The number of rotatable bonds is 3. The molecule has 12 nitrogen and oxygen atoms in total. The molecule has 2 N–H and O–H groups in total. The van der Waals surface area contributed by atoms with Gasteiger partial charge in [-0.25, -0.2) is 18.1 Å². The van der Waals surface area contributed by atoms with E-state index >= 15 is 0 Å². The number of aryl methyl sites for hydroxylation is 1. The number of carbonyl (C=O) groups is 2. The summed E-state index contributed by atoms with van der Waals surface area (Å²) in [6, 6.07) is 9.95. The lowest BCUT2D eigenvalue weighted by atomic mass is 9.69. The Balaban J connectivity index is 0.000000386. The van der Waals surface area contributed by atoms with Crippen LogP contribution in [0.3, 0.4) is 0 Å². The average molecular weight is 784 g/mol. The fraction of sp³-hybridized carbons (Fsp3) is 0.625. The fourth-order valence-corrected chi connectivity index (χ4v) is 11.0. The summed E-state index contributed by atoms with van der Waals surface area (Å²) in [5.74, 6) is -0.00478. The zero-order valence-corrected chi connectivity index (χ0v) is 33.0. The Morgan fingerprint density at radius 1 is 1.15 bits per heavy atom. The van der Waals surface area contributed by atoms with Crippen LogP contribution in [-0.2, 0) is 36.1 Å². The molecule has 14 heteroatoms. The molecule has 3 fully saturated rings. The molecule has 6 atom stereocenters. The van der Waals surface area contributed by atoms with Crippen LogP contribution in [0.25, 0.3) is 0 Å². The molecule has 0 unspecified atom stereocenters. The van der Waals surface area contributed by atoms with Crippen LogP contribution in [0.15, 0.2) is 42.5 Å². The maximum atomic E-state index is 13.5. The largest absolute Gasteiger partial charge is 0.489 e. The van der Waals surface area contributed by atoms with Crippen LogP contribution in [0.4, 0.5) is 5.82 Å². The minimum atomic E-state index is -4.09. The fourth-order valence-electron chi connectivity index (χ4n) is 9.13. The molecule has 5 heterocycles. The first kappa shape index (κ1) is 39.2. The molecule has 4 aliphatic heterocycles. The zero-order chi connectivity index (χ0) is 37.9. The number of methoxy groups -OCH3 is 1. The maximum Gasteiger partial charge on any atom is 0.283 e. The van der Waals surface area contributed by atoms with Crippen molar-refractivity contribution < 1.29 is 32.2 Å². The van der Waals surface area contributed by atoms with Crippen LogP contribution < -0.4 is 19.7 Å². The molecular formula is C40H54ClN5O7S. The number of amides is 1. The first-order valence-electron chi connectivity index (χ1n) is 19.5. The van der Waals surface area contributed by atoms with Gasteiger partial charge in [-0.3, -0.25) is 14.5 Å². The summed E-state index contributed by atoms with van der Waals surface area (Å²) in [4.78, 5) is 36.3. The number of piperazine rings is 1. The standard InChI is InChI=1S/C33H40ClN3O6S.C7H14N2O/c1-21-5-3-7-28(38)25-10-8-23(25)18-37-19-33(15-4-6-22-17-24(34)9-11-26(22)33)20-43-29-13-12-27(35-31(29)37)32(39)36-44(40,41)30(21)14-16-42-2;1-2-9-3-4-10-6-7(9)5-8-1/h3,7,9,11-13,17,21,23,25,30H,4-6,8,10,14-16,18-20H2,1-2H3,(H,36,39);7-8H,1-6H2/b7-3+;/t21-,23-,25+,30+,33-;7-/m00/s1. The van der Waals surface area contributed by atoms with Gasteiger partial charge in [0, 0.05) is 75.4 Å². The summed E-state index contributed by atoms with van der Waals surface area (Å²) in [5.41, 5.74) is 2.08. The molecule has 2 saturated heterocycles. The van der Waals surface area contributed by atoms with Crippen LogP contribution in [0.5, 0.6) is 5.75 Å². The van der Waals surface area contributed by atoms with E-state index in [1.165, 1.54) is 30.8 Å². The van der Waals surface area contributed by atoms with Gasteiger partial charge in [0.15, 0.2) is 17.4 Å². The molecule has 294 valence electrons. The van der Waals surface area contributed by atoms with Crippen molar-refractivity contribution in [1.82, 2.24) is 19.9 Å². The van der Waals surface area contributed by atoms with E-state index in [1.54, 1.807) is 18.2 Å². The lowest BCUT2D eigenvalue weighted by molar-refractivity contribution is -0.122. The summed E-state index contributed by atoms with van der Waals surface area (Å²) in [5, 5.41) is 3.18. The van der Waals surface area contributed by atoms with Gasteiger partial charge in [0.1, 0.15) is 5.69 Å². The smallest absolute Gasteiger partial charge is 0.283 e. The Labute approximate surface area is 324 Å². The number of halogens is 1. The van der Waals surface area contributed by atoms with E-state index in [0.29, 0.717) is 48.7 Å². The van der Waals surface area contributed by atoms with E-state index in [-0.39, 0.29) is 47.7 Å². The van der Waals surface area contributed by atoms with E-state index < -0.39 is 21.2 Å². The third kappa shape index (κ3) is 8.51. The number of allylic oxidation sites excluding steroid dienone is 2. The number of hydrogen-bond donors (Lipinski definition) is 2. The molecule has 54 heavy (non-hydrogen) atoms. The van der Waals surface area contributed by atoms with Gasteiger partial charge in [-0.1, -0.05) is 30.7 Å². The highest BCUT2D eigenvalue weighted by molar-refractivity contribution is 7.90. The second-order valence-corrected chi connectivity index (χ2v) is 18.2. The van der Waals surface area contributed by atoms with Crippen LogP contribution >= 0.6 is 11.6 Å². The summed E-state index contributed by atoms with van der Waals surface area (Å²) in [7, 11) is -2.58. The number of carbonyl (C=O) groups excluding carboxylic acids is 2. The minimum Gasteiger partial charge on any atom is -0.489 e. The van der Waals surface area contributed by atoms with Crippen LogP contribution in [-0.4, -0.2) is 114 Å². The average Bonchev–Trinajstić information content (AvgIpc) is 3.29. The van der Waals surface area contributed by atoms with Crippen molar-refractivity contribution >= 4 is 39.1 Å². The summed E-state index contributed by atoms with van der Waals surface area (Å²) in [6.07, 6.45) is 8.57. The zero-order valence-electron chi connectivity index (χ0n) is 31.4. The van der Waals surface area contributed by atoms with Gasteiger partial charge >= 0.3 is 0 Å². The van der Waals surface area contributed by atoms with E-state index in [2.05, 4.69) is 25.9 Å². The number of aromatic nitrogens is 1. The third-order valence-corrected chi connectivity index (χ3v) is 14.5. The normalized spacial score (nSPS) is 31.5. The second kappa shape index (κ2) is 17.0. The van der Waals surface area contributed by atoms with E-state index in [1.807, 2.05) is 19.1 Å². The molecule has 2 bridgehead atoms. The van der Waals surface area contributed by atoms with Crippen LogP contribution in [0.2, 0.25) is 5.02 Å². The predicted octanol–water partition coefficient (Wildman–Crippen LogP) is 4.15. The van der Waals surface area contributed by atoms with Crippen molar-refractivity contribution in [1.29, 1.82) is 0 Å². The molecule has 1 amide bonds. The van der Waals surface area contributed by atoms with E-state index in [0.717, 1.165) is 65.0 Å². The van der Waals surface area contributed by atoms with Crippen molar-refractivity contribution in [2.24, 2.45) is 17.8 Å². The van der Waals surface area contributed by atoms with Crippen molar-refractivity contribution in [2.45, 2.75) is 68.6 Å². The molecule has 1 saturated carbocycles. The molecule has 1 spiro atoms. The Morgan fingerprint density at radius 2 is 2.02 bits per heavy atom. The molecule has 1 aromatic carbocycles. The lowest BCUT2D eigenvalue weighted by Gasteiger charge is -2.43. The van der Waals surface area contributed by atoms with E-state index in [4.69, 9.17) is 30.8 Å². The molecular weight excluding hydrogens is 730 g/mol. The molecule has 6 aliphatic rings. The number of fused-ring (bicyclic) bond motifs is 5. The van der Waals surface area contributed by atoms with Gasteiger partial charge in [0.2, 0.25) is 10.0 Å². The SMILES string of the molecule is C1CN2CCOC[C@@H]2CN1.COCC[C@@H]1[C@@H](C)C/C=C/C(=O)[C@@H]2CC[C@H]2CN2C[C@@]3(CCCc4cc(Cl)ccc43)COc3ccc(nc32)C(=O)NS1(=O)=O. The van der Waals surface area contributed by atoms with Gasteiger partial charge in [0.05, 0.1) is 25.1 Å². The number of ketones is 1. The number of nitrogens with one attached hydrogen (secondary N) is 2. The third-order valence-electron chi connectivity index (χ3n) is 12.3. The number of ether oxygens (including phenoxy) is 3. The predicted molar refractivity (Wildman–Crippen MR) is 208 cm³/mol. The monoisotopic (exact) mass is 783 g/mol. The quantitative estimate of drug-likeness (QED) is 0.465. The van der Waals surface area contributed by atoms with Gasteiger partial charge in [-0.05, 0) is 98.2 Å². The minimum absolute atomic E-state index is 0.000860. The lowest BCUT2D eigenvalue weighted by Crippen LogP contribution is -2.56. The van der Waals surface area contributed by atoms with Crippen LogP contribution in [0, 0.1) is 17.8 Å². The first-order valence-corrected chi connectivity index (χ1v) is 21.4. The Kier molecular flexibility index (Phi) is 12.3. The highest BCUT2D eigenvalue weighted by Crippen LogP contribution is 2.45. The molecule has 2 aliphatic carbocycles.